The third kappa shape index (κ3) is 6.50. The zero-order valence-corrected chi connectivity index (χ0v) is 16.7. The van der Waals surface area contributed by atoms with Crippen LogP contribution in [0.3, 0.4) is 0 Å². The smallest absolute Gasteiger partial charge is 0.220 e. The van der Waals surface area contributed by atoms with Gasteiger partial charge in [0.2, 0.25) is 5.91 Å². The van der Waals surface area contributed by atoms with E-state index < -0.39 is 0 Å². The maximum Gasteiger partial charge on any atom is 0.220 e. The molecular weight excluding hydrogens is 346 g/mol. The van der Waals surface area contributed by atoms with E-state index in [9.17, 15) is 9.59 Å². The molecule has 0 spiro atoms. The predicted octanol–water partition coefficient (Wildman–Crippen LogP) is 3.15. The van der Waals surface area contributed by atoms with E-state index in [1.165, 1.54) is 7.40 Å². The molecule has 5 nitrogen and oxygen atoms in total. The number of Topliss-reactive ketones (excluding diaryl/α,β-unsaturated/α-hetero) is 1. The molecule has 26 heavy (non-hydrogen) atoms. The van der Waals surface area contributed by atoms with E-state index in [-0.39, 0.29) is 17.7 Å². The number of carbonyl (C=O) groups excluding carboxylic acids is 2. The highest BCUT2D eigenvalue weighted by Crippen LogP contribution is 2.19. The van der Waals surface area contributed by atoms with Crippen LogP contribution in [-0.2, 0) is 16.0 Å². The standard InChI is InChI=1S/C19H27N3O2S.CH4/c1-20-17(12-14-13-22-16-7-4-3-6-15(14)16)18(23)8-5-10-21-19(24)9-11-25-2;/h3-4,6-7,13,17,20,22H,5,8-12H2,1-2H3,(H,21,24);1H4/t17-;/m0./s1/i;1D. The molecule has 1 atom stereocenters. The maximum absolute atomic E-state index is 12.5. The lowest BCUT2D eigenvalue weighted by Gasteiger charge is -2.15. The van der Waals surface area contributed by atoms with Gasteiger partial charge in [0.15, 0.2) is 0 Å². The maximum atomic E-state index is 12.5. The number of likely N-dealkylation sites (N-methyl/N-ethyl adjacent to an activating group) is 1. The summed E-state index contributed by atoms with van der Waals surface area (Å²) in [6.07, 6.45) is 6.31. The van der Waals surface area contributed by atoms with Crippen molar-refractivity contribution in [2.45, 2.75) is 39.1 Å². The number of rotatable bonds is 11. The molecule has 0 aliphatic rings. The Kier molecular flexibility index (Phi) is 9.28. The average molecular weight is 379 g/mol. The summed E-state index contributed by atoms with van der Waals surface area (Å²) < 4.78 is 5.75. The summed E-state index contributed by atoms with van der Waals surface area (Å²) >= 11 is 1.66. The van der Waals surface area contributed by atoms with Crippen LogP contribution >= 0.6 is 11.8 Å². The summed E-state index contributed by atoms with van der Waals surface area (Å²) in [6, 6.07) is 7.91. The number of carbonyl (C=O) groups is 2. The van der Waals surface area contributed by atoms with Crippen molar-refractivity contribution in [2.24, 2.45) is 0 Å². The number of amides is 1. The van der Waals surface area contributed by atoms with Gasteiger partial charge < -0.3 is 15.6 Å². The van der Waals surface area contributed by atoms with Gasteiger partial charge in [-0.1, -0.05) is 25.6 Å². The number of H-pyrrole nitrogens is 1. The van der Waals surface area contributed by atoms with E-state index in [1.807, 2.05) is 37.7 Å². The number of ketones is 1. The van der Waals surface area contributed by atoms with Crippen LogP contribution in [0.2, 0.25) is 0 Å². The molecule has 1 heterocycles. The van der Waals surface area contributed by atoms with Crippen molar-refractivity contribution >= 4 is 34.4 Å². The van der Waals surface area contributed by atoms with Crippen LogP contribution in [0.4, 0.5) is 0 Å². The molecule has 1 aromatic heterocycles. The van der Waals surface area contributed by atoms with Gasteiger partial charge in [-0.3, -0.25) is 9.59 Å². The summed E-state index contributed by atoms with van der Waals surface area (Å²) in [4.78, 5) is 27.3. The first-order chi connectivity index (χ1) is 13.2. The first-order valence-electron chi connectivity index (χ1n) is 9.66. The molecule has 0 aliphatic heterocycles. The van der Waals surface area contributed by atoms with Gasteiger partial charge in [-0.15, -0.1) is 0 Å². The molecular formula is C20H31N3O2S. The number of para-hydroxylation sites is 1. The summed E-state index contributed by atoms with van der Waals surface area (Å²) in [5, 5.41) is 7.16. The van der Waals surface area contributed by atoms with Crippen molar-refractivity contribution < 1.29 is 11.0 Å². The molecule has 2 aromatic rings. The van der Waals surface area contributed by atoms with Crippen molar-refractivity contribution in [1.82, 2.24) is 15.6 Å². The Bertz CT molecular complexity index is 705. The zero-order valence-electron chi connectivity index (χ0n) is 16.9. The lowest BCUT2D eigenvalue weighted by atomic mass is 9.99. The molecule has 0 unspecified atom stereocenters. The Morgan fingerprint density at radius 3 is 2.81 bits per heavy atom. The van der Waals surface area contributed by atoms with Crippen molar-refractivity contribution in [2.75, 3.05) is 25.6 Å². The number of benzene rings is 1. The number of aromatic amines is 1. The Balaban J connectivity index is 0.00000176. The minimum atomic E-state index is -0.202. The second-order valence-electron chi connectivity index (χ2n) is 6.07. The van der Waals surface area contributed by atoms with Crippen LogP contribution < -0.4 is 10.6 Å². The quantitative estimate of drug-likeness (QED) is 0.525. The molecule has 144 valence electrons. The van der Waals surface area contributed by atoms with E-state index >= 15 is 0 Å². The summed E-state index contributed by atoms with van der Waals surface area (Å²) in [7, 11) is 3.07. The molecule has 0 radical (unpaired) electrons. The first kappa shape index (κ1) is 20.5. The van der Waals surface area contributed by atoms with E-state index in [0.29, 0.717) is 32.2 Å². The normalized spacial score (nSPS) is 12.0. The van der Waals surface area contributed by atoms with Crippen molar-refractivity contribution in [1.29, 1.82) is 0 Å². The Hall–Kier alpha value is -1.79. The third-order valence-corrected chi connectivity index (χ3v) is 4.90. The molecule has 6 heteroatoms. The molecule has 0 aliphatic carbocycles. The number of fused-ring (bicyclic) bond motifs is 1. The van der Waals surface area contributed by atoms with Gasteiger partial charge in [0.05, 0.1) is 6.04 Å². The molecule has 1 aromatic carbocycles. The van der Waals surface area contributed by atoms with Crippen LogP contribution in [0.25, 0.3) is 10.9 Å². The van der Waals surface area contributed by atoms with Gasteiger partial charge in [0, 0.05) is 43.6 Å². The van der Waals surface area contributed by atoms with E-state index in [2.05, 4.69) is 21.7 Å². The summed E-state index contributed by atoms with van der Waals surface area (Å²) in [5.74, 6) is 1.08. The van der Waals surface area contributed by atoms with Crippen molar-refractivity contribution in [3.8, 4) is 0 Å². The minimum absolute atomic E-state index is 0.0609. The summed E-state index contributed by atoms with van der Waals surface area (Å²) in [5.41, 5.74) is 2.24. The SMILES string of the molecule is CN[C@@H](Cc1c[nH]c2ccccc12)C(=O)CCCNC(=O)CCSC.[2H]C. The van der Waals surface area contributed by atoms with Gasteiger partial charge in [0.25, 0.3) is 0 Å². The average Bonchev–Trinajstić information content (AvgIpc) is 3.12. The monoisotopic (exact) mass is 378 g/mol. The Morgan fingerprint density at radius 1 is 1.31 bits per heavy atom. The van der Waals surface area contributed by atoms with Gasteiger partial charge in [0.1, 0.15) is 5.78 Å². The predicted molar refractivity (Wildman–Crippen MR) is 112 cm³/mol. The fraction of sp³-hybridized carbons (Fsp3) is 0.500. The van der Waals surface area contributed by atoms with Crippen LogP contribution in [0.1, 0.15) is 33.6 Å². The van der Waals surface area contributed by atoms with Gasteiger partial charge >= 0.3 is 0 Å². The zero-order chi connectivity index (χ0) is 20.1. The molecule has 0 fully saturated rings. The lowest BCUT2D eigenvalue weighted by molar-refractivity contribution is -0.122. The number of hydrogen-bond acceptors (Lipinski definition) is 4. The van der Waals surface area contributed by atoms with Crippen LogP contribution in [0.5, 0.6) is 0 Å². The number of nitrogens with one attached hydrogen (secondary N) is 3. The van der Waals surface area contributed by atoms with Crippen LogP contribution in [0, 0.1) is 0 Å². The topological polar surface area (TPSA) is 74.0 Å². The molecule has 0 saturated heterocycles. The highest BCUT2D eigenvalue weighted by molar-refractivity contribution is 7.98. The fourth-order valence-corrected chi connectivity index (χ4v) is 3.23. The summed E-state index contributed by atoms with van der Waals surface area (Å²) in [6.45, 7) is 0.558. The molecule has 0 saturated carbocycles. The highest BCUT2D eigenvalue weighted by atomic mass is 32.2. The fourth-order valence-electron chi connectivity index (χ4n) is 2.85. The van der Waals surface area contributed by atoms with Gasteiger partial charge in [-0.05, 0) is 37.8 Å². The van der Waals surface area contributed by atoms with Gasteiger partial charge in [-0.2, -0.15) is 11.8 Å². The van der Waals surface area contributed by atoms with E-state index in [4.69, 9.17) is 1.37 Å². The number of thioether (sulfide) groups is 1. The van der Waals surface area contributed by atoms with Crippen LogP contribution in [0.15, 0.2) is 30.5 Å². The Labute approximate surface area is 162 Å². The first-order valence-corrected chi connectivity index (χ1v) is 10.1. The highest BCUT2D eigenvalue weighted by Gasteiger charge is 2.18. The number of aromatic nitrogens is 1. The van der Waals surface area contributed by atoms with Crippen LogP contribution in [-0.4, -0.2) is 48.3 Å². The van der Waals surface area contributed by atoms with Gasteiger partial charge in [-0.25, -0.2) is 0 Å². The Morgan fingerprint density at radius 2 is 2.08 bits per heavy atom. The van der Waals surface area contributed by atoms with E-state index in [1.54, 1.807) is 11.8 Å². The second kappa shape index (κ2) is 11.8. The molecule has 0 bridgehead atoms. The minimum Gasteiger partial charge on any atom is -0.361 e. The number of hydrogen-bond donors (Lipinski definition) is 3. The van der Waals surface area contributed by atoms with E-state index in [0.717, 1.165) is 22.2 Å². The molecule has 3 N–H and O–H groups in total. The third-order valence-electron chi connectivity index (χ3n) is 4.29. The molecule has 1 amide bonds. The lowest BCUT2D eigenvalue weighted by Crippen LogP contribution is -2.36. The second-order valence-corrected chi connectivity index (χ2v) is 7.05. The largest absolute Gasteiger partial charge is 0.361 e. The van der Waals surface area contributed by atoms with Crippen molar-refractivity contribution in [3.63, 3.8) is 0 Å². The molecule has 2 rings (SSSR count). The van der Waals surface area contributed by atoms with Crippen molar-refractivity contribution in [3.05, 3.63) is 36.0 Å².